The molecule has 0 spiro atoms. The maximum atomic E-state index is 6.48. The first kappa shape index (κ1) is 21.4. The lowest BCUT2D eigenvalue weighted by Crippen LogP contribution is -2.43. The van der Waals surface area contributed by atoms with Crippen molar-refractivity contribution in [3.05, 3.63) is 0 Å². The van der Waals surface area contributed by atoms with Gasteiger partial charge in [-0.25, -0.2) is 0 Å². The Hall–Kier alpha value is 0.354. The van der Waals surface area contributed by atoms with Crippen molar-refractivity contribution in [2.45, 2.75) is 91.7 Å². The summed E-state index contributed by atoms with van der Waals surface area (Å²) in [4.78, 5) is 0. The summed E-state index contributed by atoms with van der Waals surface area (Å²) in [6.45, 7) is 20.1. The summed E-state index contributed by atoms with van der Waals surface area (Å²) in [5.41, 5.74) is 0.134. The quantitative estimate of drug-likeness (QED) is 0.405. The molecule has 0 atom stereocenters. The third-order valence-corrected chi connectivity index (χ3v) is 14.6. The largest absolute Gasteiger partial charge is 0.416 e. The Bertz CT molecular complexity index is 229. The van der Waals surface area contributed by atoms with Crippen molar-refractivity contribution in [1.82, 2.24) is 0 Å². The summed E-state index contributed by atoms with van der Waals surface area (Å²) in [7, 11) is -2.94. The molecule has 4 heteroatoms. The molecule has 0 aromatic heterocycles. The van der Waals surface area contributed by atoms with Gasteiger partial charge in [0.05, 0.1) is 0 Å². The second-order valence-corrected chi connectivity index (χ2v) is 16.8. The minimum absolute atomic E-state index is 0.134. The highest BCUT2D eigenvalue weighted by molar-refractivity contribution is 6.74. The third kappa shape index (κ3) is 6.55. The lowest BCUT2D eigenvalue weighted by molar-refractivity contribution is 0.0983. The molecule has 0 aliphatic heterocycles. The Balaban J connectivity index is 4.56. The van der Waals surface area contributed by atoms with Gasteiger partial charge in [0.15, 0.2) is 16.6 Å². The van der Waals surface area contributed by atoms with Crippen molar-refractivity contribution >= 4 is 16.6 Å². The highest BCUT2D eigenvalue weighted by atomic mass is 28.4. The molecule has 0 rings (SSSR count). The Morgan fingerprint density at radius 3 is 1.00 bits per heavy atom. The molecule has 0 radical (unpaired) electrons. The van der Waals surface area contributed by atoms with Crippen LogP contribution in [0.5, 0.6) is 0 Å². The van der Waals surface area contributed by atoms with E-state index in [0.29, 0.717) is 0 Å². The molecule has 0 aromatic rings. The minimum Gasteiger partial charge on any atom is -0.416 e. The van der Waals surface area contributed by atoms with Crippen LogP contribution in [0.4, 0.5) is 0 Å². The van der Waals surface area contributed by atoms with Crippen LogP contribution in [0.2, 0.25) is 36.3 Å². The van der Waals surface area contributed by atoms with Gasteiger partial charge in [0, 0.05) is 18.6 Å². The molecule has 0 bridgehead atoms. The zero-order valence-corrected chi connectivity index (χ0v) is 18.0. The molecule has 0 amide bonds. The van der Waals surface area contributed by atoms with Crippen LogP contribution >= 0.6 is 0 Å². The van der Waals surface area contributed by atoms with E-state index in [-0.39, 0.29) is 5.41 Å². The molecule has 0 aliphatic rings. The normalized spacial score (nSPS) is 13.7. The van der Waals surface area contributed by atoms with E-state index in [1.807, 2.05) is 0 Å². The van der Waals surface area contributed by atoms with E-state index in [9.17, 15) is 0 Å². The van der Waals surface area contributed by atoms with Crippen molar-refractivity contribution < 1.29 is 8.85 Å². The Morgan fingerprint density at radius 2 is 0.810 bits per heavy atom. The van der Waals surface area contributed by atoms with Gasteiger partial charge in [-0.2, -0.15) is 0 Å². The first-order chi connectivity index (χ1) is 9.78. The van der Waals surface area contributed by atoms with Crippen molar-refractivity contribution in [2.75, 3.05) is 13.2 Å². The zero-order valence-electron chi connectivity index (χ0n) is 16.0. The second kappa shape index (κ2) is 9.48. The maximum absolute atomic E-state index is 6.48. The average Bonchev–Trinajstić information content (AvgIpc) is 2.51. The highest BCUT2D eigenvalue weighted by Gasteiger charge is 2.34. The summed E-state index contributed by atoms with van der Waals surface area (Å²) in [6.07, 6.45) is 0. The van der Waals surface area contributed by atoms with Gasteiger partial charge in [-0.15, -0.1) is 0 Å². The monoisotopic (exact) mass is 332 g/mol. The SMILES string of the molecule is CC[Si](CC)(CC)OCC(C)(C)CO[Si](CC)(CC)CC. The van der Waals surface area contributed by atoms with Gasteiger partial charge in [0.1, 0.15) is 0 Å². The summed E-state index contributed by atoms with van der Waals surface area (Å²) in [6, 6.07) is 7.38. The number of hydrogen-bond donors (Lipinski definition) is 0. The number of hydrogen-bond acceptors (Lipinski definition) is 2. The van der Waals surface area contributed by atoms with Gasteiger partial charge in [-0.1, -0.05) is 55.4 Å². The van der Waals surface area contributed by atoms with Crippen LogP contribution in [0.25, 0.3) is 0 Å². The Kier molecular flexibility index (Phi) is 9.64. The molecule has 0 fully saturated rings. The van der Waals surface area contributed by atoms with Gasteiger partial charge < -0.3 is 8.85 Å². The van der Waals surface area contributed by atoms with Crippen molar-refractivity contribution in [3.8, 4) is 0 Å². The summed E-state index contributed by atoms with van der Waals surface area (Å²) in [5, 5.41) is 0. The van der Waals surface area contributed by atoms with Gasteiger partial charge in [0.2, 0.25) is 0 Å². The molecule has 0 heterocycles. The molecular formula is C17H40O2Si2. The molecule has 21 heavy (non-hydrogen) atoms. The van der Waals surface area contributed by atoms with Crippen molar-refractivity contribution in [3.63, 3.8) is 0 Å². The fourth-order valence-corrected chi connectivity index (χ4v) is 8.47. The average molecular weight is 333 g/mol. The molecule has 0 saturated carbocycles. The van der Waals surface area contributed by atoms with Crippen LogP contribution < -0.4 is 0 Å². The van der Waals surface area contributed by atoms with Gasteiger partial charge in [-0.3, -0.25) is 0 Å². The Morgan fingerprint density at radius 1 is 0.571 bits per heavy atom. The summed E-state index contributed by atoms with van der Waals surface area (Å²) >= 11 is 0. The predicted octanol–water partition coefficient (Wildman–Crippen LogP) is 6.06. The summed E-state index contributed by atoms with van der Waals surface area (Å²) < 4.78 is 13.0. The topological polar surface area (TPSA) is 18.5 Å². The van der Waals surface area contributed by atoms with Crippen molar-refractivity contribution in [2.24, 2.45) is 5.41 Å². The number of rotatable bonds is 12. The lowest BCUT2D eigenvalue weighted by atomic mass is 9.97. The van der Waals surface area contributed by atoms with Gasteiger partial charge >= 0.3 is 0 Å². The van der Waals surface area contributed by atoms with E-state index in [4.69, 9.17) is 8.85 Å². The van der Waals surface area contributed by atoms with Gasteiger partial charge in [-0.05, 0) is 36.3 Å². The van der Waals surface area contributed by atoms with E-state index >= 15 is 0 Å². The van der Waals surface area contributed by atoms with Crippen molar-refractivity contribution in [1.29, 1.82) is 0 Å². The molecular weight excluding hydrogens is 292 g/mol. The minimum atomic E-state index is -1.47. The molecule has 0 unspecified atom stereocenters. The van der Waals surface area contributed by atoms with Crippen LogP contribution in [0.3, 0.4) is 0 Å². The standard InChI is InChI=1S/C17H40O2Si2/c1-9-20(10-2,11-3)18-15-17(7,8)16-19-21(12-4,13-5)14-6/h9-16H2,1-8H3. The zero-order chi connectivity index (χ0) is 16.6. The van der Waals surface area contributed by atoms with Crippen LogP contribution in [-0.2, 0) is 8.85 Å². The smallest absolute Gasteiger partial charge is 0.192 e. The van der Waals surface area contributed by atoms with E-state index in [0.717, 1.165) is 13.2 Å². The second-order valence-electron chi connectivity index (χ2n) is 7.23. The van der Waals surface area contributed by atoms with Crippen LogP contribution in [0, 0.1) is 5.41 Å². The highest BCUT2D eigenvalue weighted by Crippen LogP contribution is 2.29. The maximum Gasteiger partial charge on any atom is 0.192 e. The van der Waals surface area contributed by atoms with E-state index < -0.39 is 16.6 Å². The van der Waals surface area contributed by atoms with Crippen LogP contribution in [-0.4, -0.2) is 29.8 Å². The third-order valence-electron chi connectivity index (χ3n) is 5.40. The van der Waals surface area contributed by atoms with Crippen LogP contribution in [0.15, 0.2) is 0 Å². The fraction of sp³-hybridized carbons (Fsp3) is 1.00. The molecule has 0 saturated heterocycles. The first-order valence-electron chi connectivity index (χ1n) is 9.06. The van der Waals surface area contributed by atoms with Gasteiger partial charge in [0.25, 0.3) is 0 Å². The van der Waals surface area contributed by atoms with E-state index in [2.05, 4.69) is 55.4 Å². The van der Waals surface area contributed by atoms with E-state index in [1.54, 1.807) is 0 Å². The summed E-state index contributed by atoms with van der Waals surface area (Å²) in [5.74, 6) is 0. The fourth-order valence-electron chi connectivity index (χ4n) is 2.85. The molecule has 0 aliphatic carbocycles. The Labute approximate surface area is 136 Å². The molecule has 0 N–H and O–H groups in total. The van der Waals surface area contributed by atoms with Crippen LogP contribution in [0.1, 0.15) is 55.4 Å². The lowest BCUT2D eigenvalue weighted by Gasteiger charge is -2.36. The molecule has 2 nitrogen and oxygen atoms in total. The molecule has 128 valence electrons. The predicted molar refractivity (Wildman–Crippen MR) is 100 cm³/mol. The first-order valence-corrected chi connectivity index (χ1v) is 14.1. The molecule has 0 aromatic carbocycles. The van der Waals surface area contributed by atoms with E-state index in [1.165, 1.54) is 36.3 Å².